The summed E-state index contributed by atoms with van der Waals surface area (Å²) in [4.78, 5) is 8.42. The third kappa shape index (κ3) is 4.51. The number of benzene rings is 2. The lowest BCUT2D eigenvalue weighted by Gasteiger charge is -2.12. The Labute approximate surface area is 206 Å². The summed E-state index contributed by atoms with van der Waals surface area (Å²) in [5.74, 6) is -0.169. The summed E-state index contributed by atoms with van der Waals surface area (Å²) in [6.07, 6.45) is -3.02. The van der Waals surface area contributed by atoms with Gasteiger partial charge >= 0.3 is 6.18 Å². The maximum atomic E-state index is 13.9. The smallest absolute Gasteiger partial charge is 0.275 e. The second-order valence-electron chi connectivity index (χ2n) is 8.80. The molecule has 0 amide bonds. The minimum atomic E-state index is -4.67. The van der Waals surface area contributed by atoms with Gasteiger partial charge in [-0.2, -0.15) is 28.1 Å². The lowest BCUT2D eigenvalue weighted by Crippen LogP contribution is -2.14. The van der Waals surface area contributed by atoms with Gasteiger partial charge in [-0.1, -0.05) is 59.7 Å². The van der Waals surface area contributed by atoms with E-state index in [1.807, 2.05) is 68.4 Å². The Morgan fingerprint density at radius 1 is 0.722 bits per heavy atom. The van der Waals surface area contributed by atoms with Crippen molar-refractivity contribution in [2.24, 2.45) is 7.05 Å². The first-order chi connectivity index (χ1) is 17.1. The number of alkyl halides is 3. The van der Waals surface area contributed by atoms with Crippen LogP contribution in [-0.2, 0) is 13.2 Å². The molecule has 0 unspecified atom stereocenters. The fraction of sp³-hybridized carbons (Fsp3) is 0.185. The maximum absolute atomic E-state index is 13.9. The van der Waals surface area contributed by atoms with Crippen LogP contribution in [0.5, 0.6) is 0 Å². The van der Waals surface area contributed by atoms with E-state index < -0.39 is 11.9 Å². The Balaban J connectivity index is 1.76. The van der Waals surface area contributed by atoms with Gasteiger partial charge < -0.3 is 0 Å². The number of aryl methyl sites for hydroxylation is 4. The van der Waals surface area contributed by atoms with E-state index in [2.05, 4.69) is 20.2 Å². The number of nitrogens with zero attached hydrogens (tertiary/aromatic N) is 6. The average molecular weight is 489 g/mol. The summed E-state index contributed by atoms with van der Waals surface area (Å²) in [5.41, 5.74) is 5.10. The fourth-order valence-electron chi connectivity index (χ4n) is 3.99. The van der Waals surface area contributed by atoms with Crippen molar-refractivity contribution in [2.75, 3.05) is 0 Å². The highest BCUT2D eigenvalue weighted by Gasteiger charge is 2.34. The van der Waals surface area contributed by atoms with Crippen LogP contribution in [0, 0.1) is 20.8 Å². The van der Waals surface area contributed by atoms with Crippen molar-refractivity contribution in [2.45, 2.75) is 26.9 Å². The van der Waals surface area contributed by atoms with Gasteiger partial charge in [-0.25, -0.2) is 9.97 Å². The molecular weight excluding hydrogens is 465 g/mol. The summed E-state index contributed by atoms with van der Waals surface area (Å²) in [6.45, 7) is 5.68. The molecule has 182 valence electrons. The zero-order chi connectivity index (χ0) is 25.6. The van der Waals surface area contributed by atoms with Gasteiger partial charge in [0.25, 0.3) is 5.95 Å². The van der Waals surface area contributed by atoms with E-state index in [1.54, 1.807) is 24.9 Å². The number of hydrogen-bond donors (Lipinski definition) is 0. The van der Waals surface area contributed by atoms with Crippen LogP contribution in [0.15, 0.2) is 66.9 Å². The van der Waals surface area contributed by atoms with Crippen molar-refractivity contribution >= 4 is 0 Å². The summed E-state index contributed by atoms with van der Waals surface area (Å²) in [7, 11) is 1.71. The highest BCUT2D eigenvalue weighted by molar-refractivity contribution is 5.71. The first-order valence-corrected chi connectivity index (χ1v) is 11.3. The number of hydrogen-bond acceptors (Lipinski definition) is 4. The van der Waals surface area contributed by atoms with Gasteiger partial charge in [0.1, 0.15) is 0 Å². The van der Waals surface area contributed by atoms with E-state index in [-0.39, 0.29) is 11.6 Å². The monoisotopic (exact) mass is 488 g/mol. The third-order valence-corrected chi connectivity index (χ3v) is 5.89. The number of halogens is 3. The summed E-state index contributed by atoms with van der Waals surface area (Å²) < 4.78 is 44.7. The predicted molar refractivity (Wildman–Crippen MR) is 131 cm³/mol. The highest BCUT2D eigenvalue weighted by Crippen LogP contribution is 2.33. The van der Waals surface area contributed by atoms with Gasteiger partial charge in [0.05, 0.1) is 22.8 Å². The van der Waals surface area contributed by atoms with Gasteiger partial charge in [0, 0.05) is 29.9 Å². The first-order valence-electron chi connectivity index (χ1n) is 11.3. The molecule has 3 aromatic heterocycles. The van der Waals surface area contributed by atoms with Crippen molar-refractivity contribution in [3.8, 4) is 39.7 Å². The molecule has 0 spiro atoms. The zero-order valence-corrected chi connectivity index (χ0v) is 20.2. The summed E-state index contributed by atoms with van der Waals surface area (Å²) in [6, 6.07) is 18.3. The van der Waals surface area contributed by atoms with Gasteiger partial charge in [0.2, 0.25) is 0 Å². The summed E-state index contributed by atoms with van der Waals surface area (Å²) >= 11 is 0. The van der Waals surface area contributed by atoms with Crippen LogP contribution < -0.4 is 0 Å². The molecule has 0 atom stereocenters. The van der Waals surface area contributed by atoms with E-state index >= 15 is 0 Å². The van der Waals surface area contributed by atoms with E-state index in [0.717, 1.165) is 28.3 Å². The van der Waals surface area contributed by atoms with Crippen molar-refractivity contribution in [1.82, 2.24) is 29.5 Å². The standard InChI is InChI=1S/C27H23F3N6/c1-16-5-9-19(10-6-16)22-13-24(20-11-7-17(2)8-12-20)36(34-22)26-31-23(14-25(32-26)27(28,29)30)21-15-35(4)33-18(21)3/h5-15H,1-4H3. The van der Waals surface area contributed by atoms with Crippen molar-refractivity contribution < 1.29 is 13.2 Å². The first kappa shape index (κ1) is 23.5. The van der Waals surface area contributed by atoms with Crippen molar-refractivity contribution in [3.63, 3.8) is 0 Å². The molecule has 0 saturated heterocycles. The van der Waals surface area contributed by atoms with Gasteiger partial charge in [-0.05, 0) is 32.9 Å². The van der Waals surface area contributed by atoms with Gasteiger partial charge in [-0.3, -0.25) is 4.68 Å². The molecule has 0 aliphatic carbocycles. The lowest BCUT2D eigenvalue weighted by molar-refractivity contribution is -0.141. The van der Waals surface area contributed by atoms with Gasteiger partial charge in [-0.15, -0.1) is 0 Å². The molecular formula is C27H23F3N6. The summed E-state index contributed by atoms with van der Waals surface area (Å²) in [5, 5.41) is 8.93. The number of aromatic nitrogens is 6. The Bertz CT molecular complexity index is 1540. The van der Waals surface area contributed by atoms with Crippen LogP contribution in [0.25, 0.3) is 39.7 Å². The molecule has 0 N–H and O–H groups in total. The molecule has 36 heavy (non-hydrogen) atoms. The topological polar surface area (TPSA) is 61.4 Å². The molecule has 3 heterocycles. The van der Waals surface area contributed by atoms with Crippen LogP contribution >= 0.6 is 0 Å². The lowest BCUT2D eigenvalue weighted by atomic mass is 10.1. The second kappa shape index (κ2) is 8.75. The van der Waals surface area contributed by atoms with Crippen molar-refractivity contribution in [3.05, 3.63) is 89.4 Å². The fourth-order valence-corrected chi connectivity index (χ4v) is 3.99. The normalized spacial score (nSPS) is 11.8. The molecule has 2 aromatic carbocycles. The van der Waals surface area contributed by atoms with E-state index in [9.17, 15) is 13.2 Å². The van der Waals surface area contributed by atoms with Crippen LogP contribution in [-0.4, -0.2) is 29.5 Å². The molecule has 0 fully saturated rings. The van der Waals surface area contributed by atoms with Crippen LogP contribution in [0.4, 0.5) is 13.2 Å². The van der Waals surface area contributed by atoms with Crippen LogP contribution in [0.3, 0.4) is 0 Å². The molecule has 0 aliphatic heterocycles. The highest BCUT2D eigenvalue weighted by atomic mass is 19.4. The molecule has 0 bridgehead atoms. The zero-order valence-electron chi connectivity index (χ0n) is 20.2. The second-order valence-corrected chi connectivity index (χ2v) is 8.80. The molecule has 5 aromatic rings. The van der Waals surface area contributed by atoms with Crippen LogP contribution in [0.1, 0.15) is 22.5 Å². The largest absolute Gasteiger partial charge is 0.433 e. The minimum Gasteiger partial charge on any atom is -0.275 e. The van der Waals surface area contributed by atoms with E-state index in [1.165, 1.54) is 4.68 Å². The average Bonchev–Trinajstić information content (AvgIpc) is 3.42. The van der Waals surface area contributed by atoms with E-state index in [0.29, 0.717) is 22.6 Å². The molecule has 0 saturated carbocycles. The molecule has 0 aliphatic rings. The Morgan fingerprint density at radius 3 is 1.89 bits per heavy atom. The Hall–Kier alpha value is -4.27. The Kier molecular flexibility index (Phi) is 5.70. The SMILES string of the molecule is Cc1ccc(-c2cc(-c3ccc(C)cc3)n(-c3nc(-c4cn(C)nc4C)cc(C(F)(F)F)n3)n2)cc1. The van der Waals surface area contributed by atoms with Crippen molar-refractivity contribution in [1.29, 1.82) is 0 Å². The minimum absolute atomic E-state index is 0.125. The van der Waals surface area contributed by atoms with Crippen LogP contribution in [0.2, 0.25) is 0 Å². The molecule has 6 nitrogen and oxygen atoms in total. The molecule has 9 heteroatoms. The predicted octanol–water partition coefficient (Wildman–Crippen LogP) is 6.34. The Morgan fingerprint density at radius 2 is 1.33 bits per heavy atom. The maximum Gasteiger partial charge on any atom is 0.433 e. The number of rotatable bonds is 4. The molecule has 5 rings (SSSR count). The molecule has 0 radical (unpaired) electrons. The quantitative estimate of drug-likeness (QED) is 0.296. The third-order valence-electron chi connectivity index (χ3n) is 5.89. The van der Waals surface area contributed by atoms with E-state index in [4.69, 9.17) is 0 Å². The van der Waals surface area contributed by atoms with Gasteiger partial charge in [0.15, 0.2) is 5.69 Å².